The van der Waals surface area contributed by atoms with Gasteiger partial charge in [0.15, 0.2) is 11.5 Å². The zero-order valence-electron chi connectivity index (χ0n) is 7.24. The van der Waals surface area contributed by atoms with Gasteiger partial charge >= 0.3 is 0 Å². The van der Waals surface area contributed by atoms with Crippen LogP contribution in [0.1, 0.15) is 12.0 Å². The van der Waals surface area contributed by atoms with E-state index in [9.17, 15) is 8.78 Å². The Labute approximate surface area is 79.2 Å². The maximum absolute atomic E-state index is 13.2. The third kappa shape index (κ3) is 1.93. The fraction of sp³-hybridized carbons (Fsp3) is 0.333. The van der Waals surface area contributed by atoms with Crippen LogP contribution in [0, 0.1) is 0 Å². The molecule has 0 saturated heterocycles. The molecule has 0 heterocycles. The fourth-order valence-corrected chi connectivity index (χ4v) is 1.10. The molecule has 5 heteroatoms. The highest BCUT2D eigenvalue weighted by Crippen LogP contribution is 2.40. The van der Waals surface area contributed by atoms with Gasteiger partial charge in [0.05, 0.1) is 5.56 Å². The molecule has 0 aromatic heterocycles. The molecule has 1 aromatic rings. The quantitative estimate of drug-likeness (QED) is 0.655. The zero-order chi connectivity index (χ0) is 10.8. The molecule has 0 atom stereocenters. The first-order chi connectivity index (χ1) is 6.49. The highest BCUT2D eigenvalue weighted by molar-refractivity contribution is 5.46. The molecule has 0 spiro atoms. The first kappa shape index (κ1) is 10.7. The minimum absolute atomic E-state index is 0.597. The average Bonchev–Trinajstić information content (AvgIpc) is 2.09. The Morgan fingerprint density at radius 3 is 2.43 bits per heavy atom. The van der Waals surface area contributed by atoms with Crippen LogP contribution in [0.25, 0.3) is 0 Å². The third-order valence-electron chi connectivity index (χ3n) is 1.83. The van der Waals surface area contributed by atoms with Crippen LogP contribution in [-0.4, -0.2) is 21.9 Å². The molecule has 3 nitrogen and oxygen atoms in total. The molecule has 3 N–H and O–H groups in total. The topological polar surface area (TPSA) is 60.7 Å². The van der Waals surface area contributed by atoms with Crippen molar-refractivity contribution in [1.29, 1.82) is 0 Å². The Balaban J connectivity index is 3.12. The van der Waals surface area contributed by atoms with Crippen LogP contribution in [0.3, 0.4) is 0 Å². The predicted octanol–water partition coefficient (Wildman–Crippen LogP) is 1.57. The van der Waals surface area contributed by atoms with E-state index in [4.69, 9.17) is 15.3 Å². The Kier molecular flexibility index (Phi) is 2.90. The molecule has 0 amide bonds. The summed E-state index contributed by atoms with van der Waals surface area (Å²) in [5.41, 5.74) is -0.674. The first-order valence-electron chi connectivity index (χ1n) is 3.99. The van der Waals surface area contributed by atoms with Crippen molar-refractivity contribution in [2.24, 2.45) is 0 Å². The second kappa shape index (κ2) is 3.79. The number of hydrogen-bond donors (Lipinski definition) is 3. The Hall–Kier alpha value is -1.36. The van der Waals surface area contributed by atoms with Gasteiger partial charge < -0.3 is 15.3 Å². The summed E-state index contributed by atoms with van der Waals surface area (Å²) in [6.07, 6.45) is -0.788. The largest absolute Gasteiger partial charge is 0.504 e. The maximum Gasteiger partial charge on any atom is 0.279 e. The third-order valence-corrected chi connectivity index (χ3v) is 1.83. The molecule has 0 aliphatic heterocycles. The SMILES string of the molecule is OCCC(F)(F)c1cccc(O)c1O. The number of para-hydroxylation sites is 1. The van der Waals surface area contributed by atoms with Crippen molar-refractivity contribution in [3.63, 3.8) is 0 Å². The van der Waals surface area contributed by atoms with Gasteiger partial charge in [-0.15, -0.1) is 0 Å². The Bertz CT molecular complexity index is 326. The van der Waals surface area contributed by atoms with E-state index in [0.717, 1.165) is 12.1 Å². The summed E-state index contributed by atoms with van der Waals surface area (Å²) in [7, 11) is 0. The summed E-state index contributed by atoms with van der Waals surface area (Å²) in [4.78, 5) is 0. The molecular formula is C9H10F2O3. The number of hydrogen-bond acceptors (Lipinski definition) is 3. The predicted molar refractivity (Wildman–Crippen MR) is 45.4 cm³/mol. The van der Waals surface area contributed by atoms with Gasteiger partial charge in [-0.25, -0.2) is 8.78 Å². The number of phenols is 2. The highest BCUT2D eigenvalue weighted by atomic mass is 19.3. The van der Waals surface area contributed by atoms with Gasteiger partial charge in [0.25, 0.3) is 5.92 Å². The summed E-state index contributed by atoms with van der Waals surface area (Å²) in [5, 5.41) is 26.5. The minimum Gasteiger partial charge on any atom is -0.504 e. The summed E-state index contributed by atoms with van der Waals surface area (Å²) < 4.78 is 26.3. The minimum atomic E-state index is -3.34. The van der Waals surface area contributed by atoms with Gasteiger partial charge in [0, 0.05) is 13.0 Å². The van der Waals surface area contributed by atoms with Crippen LogP contribution in [0.5, 0.6) is 11.5 Å². The van der Waals surface area contributed by atoms with E-state index in [0.29, 0.717) is 0 Å². The van der Waals surface area contributed by atoms with Gasteiger partial charge in [-0.05, 0) is 12.1 Å². The van der Waals surface area contributed by atoms with E-state index in [1.54, 1.807) is 0 Å². The van der Waals surface area contributed by atoms with Crippen molar-refractivity contribution in [2.45, 2.75) is 12.3 Å². The fourth-order valence-electron chi connectivity index (χ4n) is 1.10. The number of aliphatic hydroxyl groups excluding tert-OH is 1. The standard InChI is InChI=1S/C9H10F2O3/c10-9(11,4-5-12)6-2-1-3-7(13)8(6)14/h1-3,12-14H,4-5H2. The molecule has 0 bridgehead atoms. The van der Waals surface area contributed by atoms with Crippen molar-refractivity contribution in [2.75, 3.05) is 6.61 Å². The average molecular weight is 204 g/mol. The number of benzene rings is 1. The summed E-state index contributed by atoms with van der Waals surface area (Å²) in [5.74, 6) is -4.77. The van der Waals surface area contributed by atoms with Crippen molar-refractivity contribution >= 4 is 0 Å². The van der Waals surface area contributed by atoms with E-state index < -0.39 is 36.0 Å². The molecule has 0 fully saturated rings. The molecule has 78 valence electrons. The lowest BCUT2D eigenvalue weighted by atomic mass is 10.0. The van der Waals surface area contributed by atoms with E-state index in [-0.39, 0.29) is 0 Å². The zero-order valence-corrected chi connectivity index (χ0v) is 7.24. The number of halogens is 2. The molecule has 0 saturated carbocycles. The number of alkyl halides is 2. The normalized spacial score (nSPS) is 11.6. The lowest BCUT2D eigenvalue weighted by molar-refractivity contribution is -0.0289. The van der Waals surface area contributed by atoms with E-state index in [1.807, 2.05) is 0 Å². The number of aliphatic hydroxyl groups is 1. The second-order valence-corrected chi connectivity index (χ2v) is 2.85. The number of aromatic hydroxyl groups is 2. The number of phenolic OH excluding ortho intramolecular Hbond substituents is 2. The molecule has 1 rings (SSSR count). The van der Waals surface area contributed by atoms with Crippen LogP contribution in [0.2, 0.25) is 0 Å². The molecule has 1 aromatic carbocycles. The smallest absolute Gasteiger partial charge is 0.279 e. The highest BCUT2D eigenvalue weighted by Gasteiger charge is 2.34. The molecule has 0 unspecified atom stereocenters. The molecule has 0 aliphatic carbocycles. The monoisotopic (exact) mass is 204 g/mol. The molecule has 14 heavy (non-hydrogen) atoms. The van der Waals surface area contributed by atoms with Gasteiger partial charge in [0.1, 0.15) is 0 Å². The van der Waals surface area contributed by atoms with Crippen molar-refractivity contribution in [1.82, 2.24) is 0 Å². The lowest BCUT2D eigenvalue weighted by Crippen LogP contribution is -2.15. The first-order valence-corrected chi connectivity index (χ1v) is 3.99. The molecular weight excluding hydrogens is 194 g/mol. The van der Waals surface area contributed by atoms with Crippen molar-refractivity contribution in [3.05, 3.63) is 23.8 Å². The molecule has 0 aliphatic rings. The van der Waals surface area contributed by atoms with Crippen molar-refractivity contribution in [3.8, 4) is 11.5 Å². The summed E-state index contributed by atoms with van der Waals surface area (Å²) >= 11 is 0. The lowest BCUT2D eigenvalue weighted by Gasteiger charge is -2.16. The van der Waals surface area contributed by atoms with Crippen molar-refractivity contribution < 1.29 is 24.1 Å². The second-order valence-electron chi connectivity index (χ2n) is 2.85. The van der Waals surface area contributed by atoms with E-state index in [2.05, 4.69) is 0 Å². The van der Waals surface area contributed by atoms with Crippen LogP contribution in [-0.2, 0) is 5.92 Å². The molecule has 0 radical (unpaired) electrons. The van der Waals surface area contributed by atoms with Gasteiger partial charge in [-0.2, -0.15) is 0 Å². The van der Waals surface area contributed by atoms with Gasteiger partial charge in [0.2, 0.25) is 0 Å². The summed E-state index contributed by atoms with van der Waals surface area (Å²) in [6.45, 7) is -0.692. The van der Waals surface area contributed by atoms with Crippen LogP contribution in [0.15, 0.2) is 18.2 Å². The maximum atomic E-state index is 13.2. The van der Waals surface area contributed by atoms with Crippen LogP contribution < -0.4 is 0 Å². The number of rotatable bonds is 3. The van der Waals surface area contributed by atoms with Crippen LogP contribution >= 0.6 is 0 Å². The Morgan fingerprint density at radius 1 is 1.21 bits per heavy atom. The van der Waals surface area contributed by atoms with Gasteiger partial charge in [-0.3, -0.25) is 0 Å². The van der Waals surface area contributed by atoms with E-state index in [1.165, 1.54) is 6.07 Å². The summed E-state index contributed by atoms with van der Waals surface area (Å²) in [6, 6.07) is 3.31. The van der Waals surface area contributed by atoms with Gasteiger partial charge in [-0.1, -0.05) is 6.07 Å². The Morgan fingerprint density at radius 2 is 1.86 bits per heavy atom. The van der Waals surface area contributed by atoms with E-state index >= 15 is 0 Å². The van der Waals surface area contributed by atoms with Crippen LogP contribution in [0.4, 0.5) is 8.78 Å².